The zero-order valence-electron chi connectivity index (χ0n) is 10.8. The van der Waals surface area contributed by atoms with Gasteiger partial charge < -0.3 is 4.74 Å². The van der Waals surface area contributed by atoms with Crippen LogP contribution in [0.3, 0.4) is 0 Å². The van der Waals surface area contributed by atoms with Gasteiger partial charge in [0.15, 0.2) is 11.6 Å². The third-order valence-corrected chi connectivity index (χ3v) is 3.71. The summed E-state index contributed by atoms with van der Waals surface area (Å²) in [5, 5.41) is 8.64. The lowest BCUT2D eigenvalue weighted by atomic mass is 10.2. The lowest BCUT2D eigenvalue weighted by molar-refractivity contribution is 0.260. The monoisotopic (exact) mass is 246 g/mol. The fourth-order valence-corrected chi connectivity index (χ4v) is 2.79. The predicted octanol–water partition coefficient (Wildman–Crippen LogP) is 1.89. The first kappa shape index (κ1) is 11.5. The number of aromatic nitrogens is 3. The molecule has 0 aromatic carbocycles. The highest BCUT2D eigenvalue weighted by molar-refractivity contribution is 5.53. The number of pyridine rings is 1. The summed E-state index contributed by atoms with van der Waals surface area (Å²) in [6, 6.07) is 4.28. The normalized spacial score (nSPS) is 20.7. The number of hydrogen-bond acceptors (Lipinski definition) is 4. The van der Waals surface area contributed by atoms with E-state index >= 15 is 0 Å². The van der Waals surface area contributed by atoms with E-state index in [-0.39, 0.29) is 0 Å². The van der Waals surface area contributed by atoms with Crippen LogP contribution in [-0.4, -0.2) is 39.7 Å². The summed E-state index contributed by atoms with van der Waals surface area (Å²) >= 11 is 0. The van der Waals surface area contributed by atoms with Crippen LogP contribution in [0, 0.1) is 0 Å². The first-order chi connectivity index (χ1) is 8.85. The number of rotatable bonds is 3. The van der Waals surface area contributed by atoms with Crippen molar-refractivity contribution in [1.29, 1.82) is 0 Å². The van der Waals surface area contributed by atoms with Crippen LogP contribution < -0.4 is 4.74 Å². The van der Waals surface area contributed by atoms with Crippen molar-refractivity contribution in [3.63, 3.8) is 0 Å². The van der Waals surface area contributed by atoms with Crippen LogP contribution in [0.5, 0.6) is 5.75 Å². The molecule has 1 fully saturated rings. The van der Waals surface area contributed by atoms with Gasteiger partial charge in [0.2, 0.25) is 5.65 Å². The minimum absolute atomic E-state index is 0.386. The first-order valence-corrected chi connectivity index (χ1v) is 6.47. The molecule has 0 spiro atoms. The Hall–Kier alpha value is -1.62. The van der Waals surface area contributed by atoms with E-state index < -0.39 is 0 Å². The van der Waals surface area contributed by atoms with E-state index in [1.165, 1.54) is 6.42 Å². The summed E-state index contributed by atoms with van der Waals surface area (Å²) in [6.45, 7) is 4.41. The van der Waals surface area contributed by atoms with Gasteiger partial charge in [-0.2, -0.15) is 0 Å². The fraction of sp³-hybridized carbons (Fsp3) is 0.538. The number of likely N-dealkylation sites (tertiary alicyclic amines) is 1. The van der Waals surface area contributed by atoms with Gasteiger partial charge in [0.25, 0.3) is 0 Å². The average molecular weight is 246 g/mol. The van der Waals surface area contributed by atoms with Crippen LogP contribution in [0.2, 0.25) is 0 Å². The second-order valence-corrected chi connectivity index (χ2v) is 4.61. The highest BCUT2D eigenvalue weighted by Gasteiger charge is 2.28. The average Bonchev–Trinajstić information content (AvgIpc) is 3.03. The summed E-state index contributed by atoms with van der Waals surface area (Å²) in [4.78, 5) is 2.45. The van der Waals surface area contributed by atoms with Crippen LogP contribution in [0.15, 0.2) is 18.3 Å². The zero-order chi connectivity index (χ0) is 12.5. The maximum Gasteiger partial charge on any atom is 0.203 e. The highest BCUT2D eigenvalue weighted by atomic mass is 16.5. The second-order valence-electron chi connectivity index (χ2n) is 4.61. The lowest BCUT2D eigenvalue weighted by Gasteiger charge is -2.20. The summed E-state index contributed by atoms with van der Waals surface area (Å²) in [5.74, 6) is 1.81. The Labute approximate surface area is 106 Å². The molecule has 5 heteroatoms. The Balaban J connectivity index is 2.07. The molecule has 1 unspecified atom stereocenters. The van der Waals surface area contributed by atoms with Gasteiger partial charge in [-0.3, -0.25) is 9.30 Å². The summed E-state index contributed by atoms with van der Waals surface area (Å²) in [7, 11) is 1.66. The minimum Gasteiger partial charge on any atom is -0.493 e. The molecule has 1 aliphatic heterocycles. The van der Waals surface area contributed by atoms with Gasteiger partial charge in [-0.15, -0.1) is 10.2 Å². The number of ether oxygens (including phenoxy) is 1. The first-order valence-electron chi connectivity index (χ1n) is 6.47. The molecule has 18 heavy (non-hydrogen) atoms. The van der Waals surface area contributed by atoms with E-state index in [1.807, 2.05) is 18.3 Å². The van der Waals surface area contributed by atoms with Crippen LogP contribution >= 0.6 is 0 Å². The number of methoxy groups -OCH3 is 1. The molecule has 0 bridgehead atoms. The summed E-state index contributed by atoms with van der Waals surface area (Å²) < 4.78 is 7.37. The molecular formula is C13H18N4O. The number of fused-ring (bicyclic) bond motifs is 1. The Kier molecular flexibility index (Phi) is 2.91. The molecule has 3 rings (SSSR count). The molecule has 5 nitrogen and oxygen atoms in total. The van der Waals surface area contributed by atoms with Gasteiger partial charge in [-0.1, -0.05) is 6.92 Å². The molecule has 1 saturated heterocycles. The molecule has 96 valence electrons. The molecular weight excluding hydrogens is 228 g/mol. The minimum atomic E-state index is 0.386. The third-order valence-electron chi connectivity index (χ3n) is 3.71. The van der Waals surface area contributed by atoms with Crippen LogP contribution in [-0.2, 0) is 0 Å². The van der Waals surface area contributed by atoms with Crippen molar-refractivity contribution in [1.82, 2.24) is 19.5 Å². The van der Waals surface area contributed by atoms with Gasteiger partial charge in [-0.05, 0) is 38.1 Å². The van der Waals surface area contributed by atoms with Crippen molar-refractivity contribution in [2.75, 3.05) is 20.2 Å². The van der Waals surface area contributed by atoms with E-state index in [0.717, 1.165) is 36.7 Å². The maximum absolute atomic E-state index is 5.32. The molecule has 0 aliphatic carbocycles. The Morgan fingerprint density at radius 3 is 3.11 bits per heavy atom. The van der Waals surface area contributed by atoms with Crippen LogP contribution in [0.4, 0.5) is 0 Å². The molecule has 2 aromatic rings. The van der Waals surface area contributed by atoms with Crippen LogP contribution in [0.1, 0.15) is 31.6 Å². The third kappa shape index (κ3) is 1.66. The van der Waals surface area contributed by atoms with Gasteiger partial charge in [0, 0.05) is 6.20 Å². The fourth-order valence-electron chi connectivity index (χ4n) is 2.79. The van der Waals surface area contributed by atoms with Crippen molar-refractivity contribution in [3.05, 3.63) is 24.2 Å². The highest BCUT2D eigenvalue weighted by Crippen LogP contribution is 2.31. The van der Waals surface area contributed by atoms with Crippen LogP contribution in [0.25, 0.3) is 5.65 Å². The zero-order valence-corrected chi connectivity index (χ0v) is 10.8. The van der Waals surface area contributed by atoms with E-state index in [4.69, 9.17) is 4.74 Å². The topological polar surface area (TPSA) is 42.7 Å². The quantitative estimate of drug-likeness (QED) is 0.829. The molecule has 0 amide bonds. The summed E-state index contributed by atoms with van der Waals surface area (Å²) in [5.41, 5.74) is 0.804. The molecule has 3 heterocycles. The van der Waals surface area contributed by atoms with Crippen molar-refractivity contribution in [2.24, 2.45) is 0 Å². The molecule has 2 aromatic heterocycles. The Morgan fingerprint density at radius 1 is 1.44 bits per heavy atom. The number of nitrogens with zero attached hydrogens (tertiary/aromatic N) is 4. The van der Waals surface area contributed by atoms with Gasteiger partial charge in [0.1, 0.15) is 0 Å². The lowest BCUT2D eigenvalue weighted by Crippen LogP contribution is -2.24. The number of hydrogen-bond donors (Lipinski definition) is 0. The molecule has 0 N–H and O–H groups in total. The Bertz CT molecular complexity index is 551. The smallest absolute Gasteiger partial charge is 0.203 e. The van der Waals surface area contributed by atoms with Crippen molar-refractivity contribution >= 4 is 5.65 Å². The summed E-state index contributed by atoms with van der Waals surface area (Å²) in [6.07, 6.45) is 4.41. The Morgan fingerprint density at radius 2 is 2.33 bits per heavy atom. The standard InChI is InChI=1S/C13H18N4O/c1-3-16-8-4-6-10(16)12-14-15-13-11(18-2)7-5-9-17(12)13/h5,7,9-10H,3-4,6,8H2,1-2H3. The van der Waals surface area contributed by atoms with Crippen molar-refractivity contribution < 1.29 is 4.74 Å². The van der Waals surface area contributed by atoms with Gasteiger partial charge in [-0.25, -0.2) is 0 Å². The van der Waals surface area contributed by atoms with Crippen molar-refractivity contribution in [2.45, 2.75) is 25.8 Å². The van der Waals surface area contributed by atoms with Gasteiger partial charge in [0.05, 0.1) is 13.2 Å². The van der Waals surface area contributed by atoms with Crippen molar-refractivity contribution in [3.8, 4) is 5.75 Å². The van der Waals surface area contributed by atoms with E-state index in [9.17, 15) is 0 Å². The van der Waals surface area contributed by atoms with Gasteiger partial charge >= 0.3 is 0 Å². The molecule has 1 atom stereocenters. The van der Waals surface area contributed by atoms with E-state index in [2.05, 4.69) is 26.4 Å². The van der Waals surface area contributed by atoms with E-state index in [1.54, 1.807) is 7.11 Å². The maximum atomic E-state index is 5.32. The SMILES string of the molecule is CCN1CCCC1c1nnc2c(OC)cccn12. The molecule has 1 aliphatic rings. The second kappa shape index (κ2) is 4.57. The predicted molar refractivity (Wildman–Crippen MR) is 68.8 cm³/mol. The largest absolute Gasteiger partial charge is 0.493 e. The molecule has 0 saturated carbocycles. The van der Waals surface area contributed by atoms with E-state index in [0.29, 0.717) is 6.04 Å². The molecule has 0 radical (unpaired) electrons.